The molecule has 0 radical (unpaired) electrons. The first-order valence-corrected chi connectivity index (χ1v) is 7.82. The molecule has 8 nitrogen and oxygen atoms in total. The molecule has 0 unspecified atom stereocenters. The third-order valence-corrected chi connectivity index (χ3v) is 4.25. The maximum absolute atomic E-state index is 13.1. The Balaban J connectivity index is 2.35. The van der Waals surface area contributed by atoms with E-state index in [9.17, 15) is 27.7 Å². The summed E-state index contributed by atoms with van der Waals surface area (Å²) >= 11 is 0. The lowest BCUT2D eigenvalue weighted by Crippen LogP contribution is -2.30. The summed E-state index contributed by atoms with van der Waals surface area (Å²) in [5, 5.41) is 10.9. The fraction of sp³-hybridized carbons (Fsp3) is 0.154. The number of furan rings is 1. The number of carbonyl (C=O) groups is 1. The van der Waals surface area contributed by atoms with Crippen LogP contribution in [0.2, 0.25) is 0 Å². The van der Waals surface area contributed by atoms with Crippen LogP contribution in [0, 0.1) is 15.9 Å². The van der Waals surface area contributed by atoms with E-state index >= 15 is 0 Å². The third kappa shape index (κ3) is 3.54. The topological polar surface area (TPSA) is 120 Å². The second-order valence-corrected chi connectivity index (χ2v) is 6.07. The number of aryl methyl sites for hydroxylation is 1. The molecule has 0 fully saturated rings. The van der Waals surface area contributed by atoms with Crippen LogP contribution in [0.4, 0.5) is 10.1 Å². The SMILES string of the molecule is CCc1ccc(C(=O)NS(=O)(=O)c2ccc(F)cc2[N+](=O)[O-])o1. The molecule has 0 saturated heterocycles. The van der Waals surface area contributed by atoms with Crippen LogP contribution < -0.4 is 4.72 Å². The van der Waals surface area contributed by atoms with Crippen molar-refractivity contribution in [3.63, 3.8) is 0 Å². The van der Waals surface area contributed by atoms with Gasteiger partial charge in [-0.05, 0) is 24.3 Å². The average molecular weight is 342 g/mol. The second-order valence-electron chi connectivity index (χ2n) is 4.42. The summed E-state index contributed by atoms with van der Waals surface area (Å²) in [4.78, 5) is 20.9. The zero-order valence-corrected chi connectivity index (χ0v) is 12.6. The van der Waals surface area contributed by atoms with E-state index in [1.54, 1.807) is 11.6 Å². The molecule has 0 aliphatic carbocycles. The van der Waals surface area contributed by atoms with E-state index in [2.05, 4.69) is 0 Å². The van der Waals surface area contributed by atoms with E-state index in [0.717, 1.165) is 6.07 Å². The second kappa shape index (κ2) is 6.16. The molecule has 122 valence electrons. The summed E-state index contributed by atoms with van der Waals surface area (Å²) in [5.74, 6) is -1.83. The van der Waals surface area contributed by atoms with Crippen molar-refractivity contribution in [2.24, 2.45) is 0 Å². The smallest absolute Gasteiger partial charge is 0.300 e. The van der Waals surface area contributed by atoms with Crippen molar-refractivity contribution in [2.45, 2.75) is 18.2 Å². The van der Waals surface area contributed by atoms with Gasteiger partial charge in [-0.15, -0.1) is 0 Å². The molecular weight excluding hydrogens is 331 g/mol. The number of benzene rings is 1. The highest BCUT2D eigenvalue weighted by atomic mass is 32.2. The lowest BCUT2D eigenvalue weighted by molar-refractivity contribution is -0.388. The number of carbonyl (C=O) groups excluding carboxylic acids is 1. The van der Waals surface area contributed by atoms with Crippen LogP contribution in [0.5, 0.6) is 0 Å². The van der Waals surface area contributed by atoms with E-state index in [0.29, 0.717) is 24.3 Å². The van der Waals surface area contributed by atoms with Gasteiger partial charge in [0.2, 0.25) is 0 Å². The molecule has 0 atom stereocenters. The quantitative estimate of drug-likeness (QED) is 0.655. The van der Waals surface area contributed by atoms with Gasteiger partial charge in [0.1, 0.15) is 11.6 Å². The molecule has 1 amide bonds. The molecule has 0 aliphatic heterocycles. The Bertz CT molecular complexity index is 874. The average Bonchev–Trinajstić information content (AvgIpc) is 2.95. The number of nitrogens with one attached hydrogen (secondary N) is 1. The molecule has 2 aromatic rings. The standard InChI is InChI=1S/C13H11FN2O6S/c1-2-9-4-5-11(22-9)13(17)15-23(20,21)12-6-3-8(14)7-10(12)16(18)19/h3-7H,2H2,1H3,(H,15,17). The van der Waals surface area contributed by atoms with Crippen LogP contribution in [0.3, 0.4) is 0 Å². The molecule has 1 aromatic carbocycles. The first kappa shape index (κ1) is 16.6. The van der Waals surface area contributed by atoms with Gasteiger partial charge in [-0.2, -0.15) is 0 Å². The van der Waals surface area contributed by atoms with Gasteiger partial charge in [0.05, 0.1) is 11.0 Å². The molecule has 10 heteroatoms. The van der Waals surface area contributed by atoms with Crippen molar-refractivity contribution in [3.8, 4) is 0 Å². The van der Waals surface area contributed by atoms with E-state index in [4.69, 9.17) is 4.42 Å². The van der Waals surface area contributed by atoms with Crippen molar-refractivity contribution in [2.75, 3.05) is 0 Å². The van der Waals surface area contributed by atoms with Gasteiger partial charge in [-0.25, -0.2) is 17.5 Å². The predicted octanol–water partition coefficient (Wildman–Crippen LogP) is 2.01. The molecule has 0 saturated carbocycles. The van der Waals surface area contributed by atoms with Crippen molar-refractivity contribution in [1.29, 1.82) is 0 Å². The summed E-state index contributed by atoms with van der Waals surface area (Å²) in [6.45, 7) is 1.78. The minimum absolute atomic E-state index is 0.254. The summed E-state index contributed by atoms with van der Waals surface area (Å²) in [7, 11) is -4.57. The van der Waals surface area contributed by atoms with Crippen LogP contribution in [0.1, 0.15) is 23.2 Å². The number of rotatable bonds is 5. The Hall–Kier alpha value is -2.75. The zero-order chi connectivity index (χ0) is 17.2. The van der Waals surface area contributed by atoms with E-state index in [1.807, 2.05) is 0 Å². The Kier molecular flexibility index (Phi) is 4.45. The molecule has 1 heterocycles. The number of halogens is 1. The largest absolute Gasteiger partial charge is 0.456 e. The first-order valence-electron chi connectivity index (χ1n) is 6.34. The fourth-order valence-corrected chi connectivity index (χ4v) is 2.89. The van der Waals surface area contributed by atoms with Crippen LogP contribution in [0.15, 0.2) is 39.6 Å². The number of amides is 1. The van der Waals surface area contributed by atoms with E-state index < -0.39 is 37.3 Å². The van der Waals surface area contributed by atoms with Crippen LogP contribution in [-0.4, -0.2) is 19.2 Å². The molecular formula is C13H11FN2O6S. The van der Waals surface area contributed by atoms with Crippen molar-refractivity contribution >= 4 is 21.6 Å². The Morgan fingerprint density at radius 2 is 2.04 bits per heavy atom. The maximum atomic E-state index is 13.1. The van der Waals surface area contributed by atoms with Crippen LogP contribution in [-0.2, 0) is 16.4 Å². The van der Waals surface area contributed by atoms with Gasteiger partial charge in [-0.3, -0.25) is 14.9 Å². The van der Waals surface area contributed by atoms with Crippen LogP contribution in [0.25, 0.3) is 0 Å². The summed E-state index contributed by atoms with van der Waals surface area (Å²) < 4.78 is 44.1. The Morgan fingerprint density at radius 3 is 2.61 bits per heavy atom. The lowest BCUT2D eigenvalue weighted by atomic mass is 10.3. The minimum atomic E-state index is -4.57. The molecule has 23 heavy (non-hydrogen) atoms. The number of nitro groups is 1. The van der Waals surface area contributed by atoms with Gasteiger partial charge in [0.15, 0.2) is 10.7 Å². The number of sulfonamides is 1. The van der Waals surface area contributed by atoms with Crippen molar-refractivity contribution < 1.29 is 26.9 Å². The maximum Gasteiger partial charge on any atom is 0.300 e. The normalized spacial score (nSPS) is 11.2. The predicted molar refractivity (Wildman–Crippen MR) is 75.8 cm³/mol. The fourth-order valence-electron chi connectivity index (χ4n) is 1.78. The summed E-state index contributed by atoms with van der Waals surface area (Å²) in [6, 6.07) is 4.70. The molecule has 0 spiro atoms. The third-order valence-electron chi connectivity index (χ3n) is 2.87. The van der Waals surface area contributed by atoms with Crippen molar-refractivity contribution in [1.82, 2.24) is 4.72 Å². The van der Waals surface area contributed by atoms with E-state index in [1.165, 1.54) is 12.1 Å². The van der Waals surface area contributed by atoms with Gasteiger partial charge in [0, 0.05) is 6.42 Å². The minimum Gasteiger partial charge on any atom is -0.456 e. The first-order chi connectivity index (χ1) is 10.7. The molecule has 0 bridgehead atoms. The Morgan fingerprint density at radius 1 is 1.35 bits per heavy atom. The van der Waals surface area contributed by atoms with Gasteiger partial charge in [-0.1, -0.05) is 6.92 Å². The Labute approximate surface area is 130 Å². The monoisotopic (exact) mass is 342 g/mol. The molecule has 1 aromatic heterocycles. The molecule has 2 rings (SSSR count). The molecule has 0 aliphatic rings. The van der Waals surface area contributed by atoms with Gasteiger partial charge >= 0.3 is 5.91 Å². The summed E-state index contributed by atoms with van der Waals surface area (Å²) in [6.07, 6.45) is 0.503. The van der Waals surface area contributed by atoms with Crippen LogP contribution >= 0.6 is 0 Å². The number of nitrogens with zero attached hydrogens (tertiary/aromatic N) is 1. The summed E-state index contributed by atoms with van der Waals surface area (Å²) in [5.41, 5.74) is -0.973. The lowest BCUT2D eigenvalue weighted by Gasteiger charge is -2.06. The number of hydrogen-bond donors (Lipinski definition) is 1. The number of nitro benzene ring substituents is 1. The van der Waals surface area contributed by atoms with Crippen molar-refractivity contribution in [3.05, 3.63) is 57.8 Å². The van der Waals surface area contributed by atoms with E-state index in [-0.39, 0.29) is 5.76 Å². The van der Waals surface area contributed by atoms with Gasteiger partial charge in [0.25, 0.3) is 15.7 Å². The molecule has 1 N–H and O–H groups in total. The highest BCUT2D eigenvalue weighted by molar-refractivity contribution is 7.90. The highest BCUT2D eigenvalue weighted by Gasteiger charge is 2.29. The van der Waals surface area contributed by atoms with Gasteiger partial charge < -0.3 is 4.42 Å². The number of hydrogen-bond acceptors (Lipinski definition) is 6. The zero-order valence-electron chi connectivity index (χ0n) is 11.8. The highest BCUT2D eigenvalue weighted by Crippen LogP contribution is 2.24.